The molecule has 31 heavy (non-hydrogen) atoms. The molecule has 0 bridgehead atoms. The molecule has 0 aromatic heterocycles. The standard InChI is InChI=1S/C26H24N2OS2/c29-25-24(31-26(30)27-25)16-21-8-4-10-23-22(21)9-5-15-28(23)17-18-11-13-20(14-12-18)19-6-2-1-3-7-19/h1-4,6-8,10-14,24H,5,9,15-17H2,(H,27,29,30). The van der Waals surface area contributed by atoms with E-state index in [-0.39, 0.29) is 11.2 Å². The fourth-order valence-corrected chi connectivity index (χ4v) is 5.81. The molecule has 0 aliphatic carbocycles. The number of thioether (sulfide) groups is 1. The van der Waals surface area contributed by atoms with Crippen LogP contribution in [0.1, 0.15) is 23.1 Å². The van der Waals surface area contributed by atoms with E-state index in [1.807, 2.05) is 6.07 Å². The van der Waals surface area contributed by atoms with E-state index in [2.05, 4.69) is 76.9 Å². The predicted molar refractivity (Wildman–Crippen MR) is 134 cm³/mol. The molecule has 1 unspecified atom stereocenters. The van der Waals surface area contributed by atoms with Gasteiger partial charge in [0.1, 0.15) is 4.32 Å². The lowest BCUT2D eigenvalue weighted by Gasteiger charge is -2.33. The Balaban J connectivity index is 1.35. The van der Waals surface area contributed by atoms with Gasteiger partial charge in [0.2, 0.25) is 5.91 Å². The molecule has 5 rings (SSSR count). The molecule has 3 aromatic carbocycles. The molecule has 2 heterocycles. The highest BCUT2D eigenvalue weighted by Gasteiger charge is 2.30. The van der Waals surface area contributed by atoms with Crippen molar-refractivity contribution in [3.8, 4) is 11.1 Å². The van der Waals surface area contributed by atoms with E-state index >= 15 is 0 Å². The molecule has 1 amide bonds. The van der Waals surface area contributed by atoms with Crippen molar-refractivity contribution in [1.29, 1.82) is 0 Å². The summed E-state index contributed by atoms with van der Waals surface area (Å²) < 4.78 is 0.598. The fraction of sp³-hybridized carbons (Fsp3) is 0.231. The molecule has 3 nitrogen and oxygen atoms in total. The molecule has 2 aliphatic rings. The first-order chi connectivity index (χ1) is 15.2. The van der Waals surface area contributed by atoms with E-state index in [0.717, 1.165) is 32.4 Å². The van der Waals surface area contributed by atoms with Gasteiger partial charge in [0.05, 0.1) is 5.25 Å². The van der Waals surface area contributed by atoms with Gasteiger partial charge in [-0.3, -0.25) is 4.79 Å². The molecule has 1 atom stereocenters. The van der Waals surface area contributed by atoms with E-state index in [1.54, 1.807) is 0 Å². The lowest BCUT2D eigenvalue weighted by atomic mass is 9.93. The van der Waals surface area contributed by atoms with Crippen LogP contribution in [-0.4, -0.2) is 22.0 Å². The molecule has 1 N–H and O–H groups in total. The van der Waals surface area contributed by atoms with Crippen LogP contribution in [0.25, 0.3) is 11.1 Å². The SMILES string of the molecule is O=C1NC(=S)SC1Cc1cccc2c1CCCN2Cc1ccc(-c2ccccc2)cc1. The number of carbonyl (C=O) groups excluding carboxylic acids is 1. The van der Waals surface area contributed by atoms with Crippen molar-refractivity contribution >= 4 is 39.9 Å². The number of nitrogens with one attached hydrogen (secondary N) is 1. The zero-order chi connectivity index (χ0) is 21.2. The molecule has 5 heteroatoms. The van der Waals surface area contributed by atoms with Crippen LogP contribution in [0.3, 0.4) is 0 Å². The molecular weight excluding hydrogens is 420 g/mol. The highest BCUT2D eigenvalue weighted by Crippen LogP contribution is 2.34. The Kier molecular flexibility index (Phi) is 5.79. The second kappa shape index (κ2) is 8.85. The molecule has 3 aromatic rings. The summed E-state index contributed by atoms with van der Waals surface area (Å²) in [4.78, 5) is 14.6. The van der Waals surface area contributed by atoms with E-state index in [0.29, 0.717) is 4.32 Å². The highest BCUT2D eigenvalue weighted by molar-refractivity contribution is 8.24. The zero-order valence-corrected chi connectivity index (χ0v) is 18.8. The van der Waals surface area contributed by atoms with Gasteiger partial charge in [-0.2, -0.15) is 0 Å². The number of nitrogens with zero attached hydrogens (tertiary/aromatic N) is 1. The van der Waals surface area contributed by atoms with Crippen LogP contribution in [0, 0.1) is 0 Å². The van der Waals surface area contributed by atoms with Gasteiger partial charge in [-0.15, -0.1) is 0 Å². The number of hydrogen-bond acceptors (Lipinski definition) is 4. The molecule has 2 aliphatic heterocycles. The van der Waals surface area contributed by atoms with Gasteiger partial charge in [-0.25, -0.2) is 0 Å². The molecule has 0 saturated carbocycles. The van der Waals surface area contributed by atoms with Crippen molar-refractivity contribution in [2.45, 2.75) is 31.1 Å². The first-order valence-corrected chi connectivity index (χ1v) is 12.0. The van der Waals surface area contributed by atoms with Crippen LogP contribution in [0.2, 0.25) is 0 Å². The van der Waals surface area contributed by atoms with Crippen molar-refractivity contribution in [1.82, 2.24) is 5.32 Å². The highest BCUT2D eigenvalue weighted by atomic mass is 32.2. The number of anilines is 1. The Morgan fingerprint density at radius 3 is 2.48 bits per heavy atom. The van der Waals surface area contributed by atoms with E-state index in [4.69, 9.17) is 12.2 Å². The molecule has 0 radical (unpaired) electrons. The van der Waals surface area contributed by atoms with Crippen molar-refractivity contribution in [2.75, 3.05) is 11.4 Å². The Bertz CT molecular complexity index is 1110. The number of benzene rings is 3. The Morgan fingerprint density at radius 2 is 1.74 bits per heavy atom. The Morgan fingerprint density at radius 1 is 0.968 bits per heavy atom. The van der Waals surface area contributed by atoms with Crippen LogP contribution < -0.4 is 10.2 Å². The minimum absolute atomic E-state index is 0.0405. The second-order valence-corrected chi connectivity index (χ2v) is 9.97. The lowest BCUT2D eigenvalue weighted by Crippen LogP contribution is -2.30. The van der Waals surface area contributed by atoms with Gasteiger partial charge in [-0.1, -0.05) is 90.7 Å². The maximum absolute atomic E-state index is 12.2. The number of hydrogen-bond donors (Lipinski definition) is 1. The summed E-state index contributed by atoms with van der Waals surface area (Å²) in [5.74, 6) is 0.0405. The van der Waals surface area contributed by atoms with Crippen LogP contribution in [-0.2, 0) is 24.2 Å². The van der Waals surface area contributed by atoms with E-state index < -0.39 is 0 Å². The van der Waals surface area contributed by atoms with Crippen molar-refractivity contribution in [2.24, 2.45) is 0 Å². The topological polar surface area (TPSA) is 32.3 Å². The van der Waals surface area contributed by atoms with Crippen molar-refractivity contribution in [3.05, 3.63) is 89.5 Å². The summed E-state index contributed by atoms with van der Waals surface area (Å²) in [5.41, 5.74) is 7.78. The van der Waals surface area contributed by atoms with Crippen LogP contribution >= 0.6 is 24.0 Å². The average molecular weight is 445 g/mol. The third-order valence-electron chi connectivity index (χ3n) is 6.05. The minimum atomic E-state index is -0.111. The number of amides is 1. The molecular formula is C26H24N2OS2. The third kappa shape index (κ3) is 4.39. The third-order valence-corrected chi connectivity index (χ3v) is 7.42. The minimum Gasteiger partial charge on any atom is -0.367 e. The van der Waals surface area contributed by atoms with E-state index in [1.165, 1.54) is 45.3 Å². The number of rotatable bonds is 5. The monoisotopic (exact) mass is 444 g/mol. The maximum atomic E-state index is 12.2. The number of carbonyl (C=O) groups is 1. The quantitative estimate of drug-likeness (QED) is 0.537. The molecule has 0 spiro atoms. The van der Waals surface area contributed by atoms with Crippen LogP contribution in [0.15, 0.2) is 72.8 Å². The second-order valence-electron chi connectivity index (χ2n) is 8.09. The van der Waals surface area contributed by atoms with Crippen LogP contribution in [0.5, 0.6) is 0 Å². The Labute approximate surface area is 192 Å². The summed E-state index contributed by atoms with van der Waals surface area (Å²) in [6.45, 7) is 1.95. The maximum Gasteiger partial charge on any atom is 0.239 e. The predicted octanol–water partition coefficient (Wildman–Crippen LogP) is 5.37. The van der Waals surface area contributed by atoms with Gasteiger partial charge < -0.3 is 10.2 Å². The molecule has 1 fully saturated rings. The zero-order valence-electron chi connectivity index (χ0n) is 17.2. The van der Waals surface area contributed by atoms with Crippen molar-refractivity contribution in [3.63, 3.8) is 0 Å². The smallest absolute Gasteiger partial charge is 0.239 e. The van der Waals surface area contributed by atoms with E-state index in [9.17, 15) is 4.79 Å². The number of fused-ring (bicyclic) bond motifs is 1. The van der Waals surface area contributed by atoms with Gasteiger partial charge in [0.25, 0.3) is 0 Å². The summed E-state index contributed by atoms with van der Waals surface area (Å²) in [7, 11) is 0. The summed E-state index contributed by atoms with van der Waals surface area (Å²) in [6.07, 6.45) is 2.94. The number of thiocarbonyl (C=S) groups is 1. The summed E-state index contributed by atoms with van der Waals surface area (Å²) in [6, 6.07) is 25.9. The van der Waals surface area contributed by atoms with Gasteiger partial charge >= 0.3 is 0 Å². The van der Waals surface area contributed by atoms with Gasteiger partial charge in [0.15, 0.2) is 0 Å². The first kappa shape index (κ1) is 20.3. The lowest BCUT2D eigenvalue weighted by molar-refractivity contribution is -0.118. The summed E-state index contributed by atoms with van der Waals surface area (Å²) >= 11 is 6.64. The van der Waals surface area contributed by atoms with Gasteiger partial charge in [0, 0.05) is 18.8 Å². The van der Waals surface area contributed by atoms with Crippen molar-refractivity contribution < 1.29 is 4.79 Å². The Hall–Kier alpha value is -2.63. The summed E-state index contributed by atoms with van der Waals surface area (Å²) in [5, 5.41) is 2.66. The first-order valence-electron chi connectivity index (χ1n) is 10.7. The molecule has 156 valence electrons. The van der Waals surface area contributed by atoms with Gasteiger partial charge in [-0.05, 0) is 53.1 Å². The molecule has 1 saturated heterocycles. The fourth-order valence-electron chi connectivity index (χ4n) is 4.51. The van der Waals surface area contributed by atoms with Crippen LogP contribution in [0.4, 0.5) is 5.69 Å². The largest absolute Gasteiger partial charge is 0.367 e. The normalized spacial score (nSPS) is 18.1. The average Bonchev–Trinajstić information content (AvgIpc) is 3.12.